The SMILES string of the molecule is O=C(O)C(=O)N(c1ccccc1)c1cn[nH]c(=O)c1Br. The van der Waals surface area contributed by atoms with Crippen molar-refractivity contribution in [3.63, 3.8) is 0 Å². The van der Waals surface area contributed by atoms with Gasteiger partial charge in [-0.15, -0.1) is 0 Å². The molecule has 0 spiro atoms. The Bertz CT molecular complexity index is 714. The van der Waals surface area contributed by atoms with E-state index in [-0.39, 0.29) is 10.2 Å². The van der Waals surface area contributed by atoms with Gasteiger partial charge in [-0.2, -0.15) is 5.10 Å². The molecule has 1 amide bonds. The molecule has 7 nitrogen and oxygen atoms in total. The second kappa shape index (κ2) is 5.66. The van der Waals surface area contributed by atoms with Crippen LogP contribution in [0, 0.1) is 0 Å². The number of nitrogens with zero attached hydrogens (tertiary/aromatic N) is 2. The number of benzene rings is 1. The Balaban J connectivity index is 2.64. The maximum absolute atomic E-state index is 11.9. The Morgan fingerprint density at radius 2 is 1.90 bits per heavy atom. The Kier molecular flexibility index (Phi) is 3.94. The minimum Gasteiger partial charge on any atom is -0.474 e. The Morgan fingerprint density at radius 1 is 1.25 bits per heavy atom. The zero-order chi connectivity index (χ0) is 14.7. The van der Waals surface area contributed by atoms with Crippen molar-refractivity contribution in [3.05, 3.63) is 51.4 Å². The molecule has 2 aromatic rings. The summed E-state index contributed by atoms with van der Waals surface area (Å²) in [4.78, 5) is 35.3. The van der Waals surface area contributed by atoms with Crippen LogP contribution in [-0.4, -0.2) is 27.2 Å². The molecule has 0 saturated heterocycles. The molecular weight excluding hydrogens is 330 g/mol. The van der Waals surface area contributed by atoms with Crippen LogP contribution in [0.3, 0.4) is 0 Å². The zero-order valence-corrected chi connectivity index (χ0v) is 11.5. The summed E-state index contributed by atoms with van der Waals surface area (Å²) in [6.45, 7) is 0. The van der Waals surface area contributed by atoms with Gasteiger partial charge in [0.25, 0.3) is 5.56 Å². The van der Waals surface area contributed by atoms with Gasteiger partial charge in [-0.3, -0.25) is 14.5 Å². The van der Waals surface area contributed by atoms with Crippen molar-refractivity contribution in [2.45, 2.75) is 0 Å². The summed E-state index contributed by atoms with van der Waals surface area (Å²) in [5.41, 5.74) is -0.207. The van der Waals surface area contributed by atoms with E-state index in [1.165, 1.54) is 6.20 Å². The monoisotopic (exact) mass is 337 g/mol. The first-order valence-corrected chi connectivity index (χ1v) is 6.17. The molecule has 8 heteroatoms. The molecule has 0 atom stereocenters. The second-order valence-corrected chi connectivity index (χ2v) is 4.47. The van der Waals surface area contributed by atoms with E-state index >= 15 is 0 Å². The number of hydrogen-bond donors (Lipinski definition) is 2. The zero-order valence-electron chi connectivity index (χ0n) is 9.91. The largest absolute Gasteiger partial charge is 0.474 e. The van der Waals surface area contributed by atoms with Crippen molar-refractivity contribution < 1.29 is 14.7 Å². The van der Waals surface area contributed by atoms with E-state index in [0.717, 1.165) is 4.90 Å². The van der Waals surface area contributed by atoms with Gasteiger partial charge in [-0.1, -0.05) is 18.2 Å². The molecule has 1 heterocycles. The van der Waals surface area contributed by atoms with Crippen LogP contribution in [0.2, 0.25) is 0 Å². The van der Waals surface area contributed by atoms with Crippen LogP contribution in [0.1, 0.15) is 0 Å². The van der Waals surface area contributed by atoms with Crippen molar-refractivity contribution in [2.24, 2.45) is 0 Å². The molecule has 0 radical (unpaired) electrons. The molecular formula is C12H8BrN3O4. The number of para-hydroxylation sites is 1. The minimum atomic E-state index is -1.64. The summed E-state index contributed by atoms with van der Waals surface area (Å²) in [7, 11) is 0. The van der Waals surface area contributed by atoms with Gasteiger partial charge in [0.1, 0.15) is 4.47 Å². The highest BCUT2D eigenvalue weighted by molar-refractivity contribution is 9.10. The number of aliphatic carboxylic acids is 1. The molecule has 2 rings (SSSR count). The van der Waals surface area contributed by atoms with Gasteiger partial charge in [-0.25, -0.2) is 9.89 Å². The topological polar surface area (TPSA) is 103 Å². The van der Waals surface area contributed by atoms with Gasteiger partial charge in [0.05, 0.1) is 11.9 Å². The third kappa shape index (κ3) is 2.59. The summed E-state index contributed by atoms with van der Waals surface area (Å²) in [5.74, 6) is -2.83. The Labute approximate surface area is 121 Å². The predicted octanol–water partition coefficient (Wildman–Crippen LogP) is 1.28. The predicted molar refractivity (Wildman–Crippen MR) is 73.8 cm³/mol. The van der Waals surface area contributed by atoms with Crippen molar-refractivity contribution >= 4 is 39.2 Å². The molecule has 0 bridgehead atoms. The standard InChI is InChI=1S/C12H8BrN3O4/c13-9-8(6-14-15-10(9)17)16(11(18)12(19)20)7-4-2-1-3-5-7/h1-6H,(H,15,17)(H,19,20). The first kappa shape index (κ1) is 13.9. The molecule has 0 aliphatic rings. The number of nitrogens with one attached hydrogen (secondary N) is 1. The van der Waals surface area contributed by atoms with Crippen LogP contribution in [0.5, 0.6) is 0 Å². The van der Waals surface area contributed by atoms with Crippen LogP contribution >= 0.6 is 15.9 Å². The lowest BCUT2D eigenvalue weighted by Gasteiger charge is -2.21. The highest BCUT2D eigenvalue weighted by atomic mass is 79.9. The number of amides is 1. The highest BCUT2D eigenvalue weighted by Gasteiger charge is 2.27. The summed E-state index contributed by atoms with van der Waals surface area (Å²) < 4.78 is 0.0194. The van der Waals surface area contributed by atoms with Crippen molar-refractivity contribution in [2.75, 3.05) is 4.90 Å². The van der Waals surface area contributed by atoms with Crippen LogP contribution in [0.4, 0.5) is 11.4 Å². The van der Waals surface area contributed by atoms with Gasteiger partial charge in [0.2, 0.25) is 0 Å². The van der Waals surface area contributed by atoms with Crippen molar-refractivity contribution in [3.8, 4) is 0 Å². The summed E-state index contributed by atoms with van der Waals surface area (Å²) in [6.07, 6.45) is 1.19. The quantitative estimate of drug-likeness (QED) is 0.803. The third-order valence-corrected chi connectivity index (χ3v) is 3.18. The maximum atomic E-state index is 11.9. The molecule has 0 aliphatic carbocycles. The number of anilines is 2. The van der Waals surface area contributed by atoms with Crippen molar-refractivity contribution in [1.82, 2.24) is 10.2 Å². The van der Waals surface area contributed by atoms with Crippen LogP contribution < -0.4 is 10.5 Å². The fraction of sp³-hybridized carbons (Fsp3) is 0. The number of rotatable bonds is 2. The van der Waals surface area contributed by atoms with E-state index in [1.54, 1.807) is 30.3 Å². The lowest BCUT2D eigenvalue weighted by Crippen LogP contribution is -2.34. The number of carbonyl (C=O) groups excluding carboxylic acids is 1. The highest BCUT2D eigenvalue weighted by Crippen LogP contribution is 2.29. The van der Waals surface area contributed by atoms with E-state index < -0.39 is 17.4 Å². The Morgan fingerprint density at radius 3 is 2.50 bits per heavy atom. The van der Waals surface area contributed by atoms with Crippen LogP contribution in [0.25, 0.3) is 0 Å². The number of aromatic amines is 1. The lowest BCUT2D eigenvalue weighted by molar-refractivity contribution is -0.148. The van der Waals surface area contributed by atoms with Gasteiger partial charge in [0, 0.05) is 5.69 Å². The summed E-state index contributed by atoms with van der Waals surface area (Å²) in [5, 5.41) is 14.7. The number of carbonyl (C=O) groups is 2. The van der Waals surface area contributed by atoms with Crippen molar-refractivity contribution in [1.29, 1.82) is 0 Å². The molecule has 0 aliphatic heterocycles. The van der Waals surface area contributed by atoms with Crippen LogP contribution in [0.15, 0.2) is 45.8 Å². The number of aromatic nitrogens is 2. The van der Waals surface area contributed by atoms with E-state index in [2.05, 4.69) is 26.1 Å². The first-order chi connectivity index (χ1) is 9.52. The number of carboxylic acids is 1. The Hall–Kier alpha value is -2.48. The molecule has 0 fully saturated rings. The number of halogens is 1. The number of hydrogen-bond acceptors (Lipinski definition) is 4. The molecule has 102 valence electrons. The summed E-state index contributed by atoms with van der Waals surface area (Å²) >= 11 is 3.02. The average Bonchev–Trinajstić information content (AvgIpc) is 2.44. The van der Waals surface area contributed by atoms with E-state index in [0.29, 0.717) is 5.69 Å². The van der Waals surface area contributed by atoms with Gasteiger partial charge < -0.3 is 5.11 Å². The molecule has 0 saturated carbocycles. The van der Waals surface area contributed by atoms with Gasteiger partial charge >= 0.3 is 11.9 Å². The molecule has 0 unspecified atom stereocenters. The van der Waals surface area contributed by atoms with Gasteiger partial charge in [-0.05, 0) is 28.1 Å². The fourth-order valence-electron chi connectivity index (χ4n) is 1.57. The second-order valence-electron chi connectivity index (χ2n) is 3.68. The van der Waals surface area contributed by atoms with Gasteiger partial charge in [0.15, 0.2) is 0 Å². The first-order valence-electron chi connectivity index (χ1n) is 5.38. The number of H-pyrrole nitrogens is 1. The minimum absolute atomic E-state index is 0.0194. The van der Waals surface area contributed by atoms with Crippen LogP contribution in [-0.2, 0) is 9.59 Å². The molecule has 1 aromatic heterocycles. The molecule has 2 N–H and O–H groups in total. The fourth-order valence-corrected chi connectivity index (χ4v) is 1.94. The summed E-state index contributed by atoms with van der Waals surface area (Å²) in [6, 6.07) is 8.11. The normalized spacial score (nSPS) is 10.1. The average molecular weight is 338 g/mol. The van der Waals surface area contributed by atoms with E-state index in [4.69, 9.17) is 5.11 Å². The number of carboxylic acid groups (broad SMARTS) is 1. The lowest BCUT2D eigenvalue weighted by atomic mass is 10.2. The van der Waals surface area contributed by atoms with E-state index in [1.807, 2.05) is 0 Å². The molecule has 20 heavy (non-hydrogen) atoms. The maximum Gasteiger partial charge on any atom is 0.395 e. The van der Waals surface area contributed by atoms with E-state index in [9.17, 15) is 14.4 Å². The molecule has 1 aromatic carbocycles. The third-order valence-electron chi connectivity index (χ3n) is 2.42. The smallest absolute Gasteiger partial charge is 0.395 e.